The predicted molar refractivity (Wildman–Crippen MR) is 63.0 cm³/mol. The van der Waals surface area contributed by atoms with Crippen molar-refractivity contribution < 1.29 is 9.13 Å². The Balaban J connectivity index is 2.91. The van der Waals surface area contributed by atoms with Gasteiger partial charge in [-0.2, -0.15) is 0 Å². The second kappa shape index (κ2) is 6.68. The minimum atomic E-state index is -0.373. The zero-order valence-electron chi connectivity index (χ0n) is 9.17. The summed E-state index contributed by atoms with van der Waals surface area (Å²) in [4.78, 5) is 0. The van der Waals surface area contributed by atoms with E-state index in [-0.39, 0.29) is 17.6 Å². The molecule has 90 valence electrons. The number of hydrogen-bond donors (Lipinski definition) is 2. The summed E-state index contributed by atoms with van der Waals surface area (Å²) in [5.41, 5.74) is 3.10. The summed E-state index contributed by atoms with van der Waals surface area (Å²) in [6.45, 7) is 0. The number of nitrogens with one attached hydrogen (secondary N) is 1. The number of benzene rings is 1. The first-order valence-electron chi connectivity index (χ1n) is 5.09. The van der Waals surface area contributed by atoms with E-state index >= 15 is 0 Å². The molecule has 1 unspecified atom stereocenters. The van der Waals surface area contributed by atoms with Gasteiger partial charge in [0, 0.05) is 17.5 Å². The lowest BCUT2D eigenvalue weighted by molar-refractivity contribution is 0.377. The zero-order valence-corrected chi connectivity index (χ0v) is 9.93. The molecule has 0 aromatic heterocycles. The van der Waals surface area contributed by atoms with Gasteiger partial charge in [-0.05, 0) is 18.9 Å². The Labute approximate surface area is 99.7 Å². The highest BCUT2D eigenvalue weighted by atomic mass is 35.5. The molecule has 0 spiro atoms. The van der Waals surface area contributed by atoms with E-state index in [0.29, 0.717) is 17.9 Å². The number of nitrogens with two attached hydrogens (primary N) is 1. The van der Waals surface area contributed by atoms with Gasteiger partial charge in [-0.1, -0.05) is 12.1 Å². The van der Waals surface area contributed by atoms with E-state index in [9.17, 15) is 4.39 Å². The second-order valence-electron chi connectivity index (χ2n) is 3.41. The minimum Gasteiger partial charge on any atom is -0.494 e. The minimum absolute atomic E-state index is 0.226. The van der Waals surface area contributed by atoms with Crippen LogP contribution in [0, 0.1) is 5.82 Å². The number of hydrazine groups is 1. The number of alkyl halides is 1. The molecule has 0 aliphatic heterocycles. The van der Waals surface area contributed by atoms with Crippen LogP contribution in [-0.4, -0.2) is 13.0 Å². The molecule has 0 heterocycles. The fourth-order valence-corrected chi connectivity index (χ4v) is 1.72. The van der Waals surface area contributed by atoms with Crippen molar-refractivity contribution in [2.24, 2.45) is 5.84 Å². The van der Waals surface area contributed by atoms with Crippen molar-refractivity contribution in [3.8, 4) is 5.75 Å². The zero-order chi connectivity index (χ0) is 12.0. The average Bonchev–Trinajstić information content (AvgIpc) is 2.32. The predicted octanol–water partition coefficient (Wildman–Crippen LogP) is 2.36. The van der Waals surface area contributed by atoms with E-state index in [4.69, 9.17) is 22.2 Å². The quantitative estimate of drug-likeness (QED) is 0.460. The highest BCUT2D eigenvalue weighted by Crippen LogP contribution is 2.27. The van der Waals surface area contributed by atoms with Crippen molar-refractivity contribution in [1.29, 1.82) is 0 Å². The van der Waals surface area contributed by atoms with Crippen molar-refractivity contribution in [3.63, 3.8) is 0 Å². The van der Waals surface area contributed by atoms with Crippen LogP contribution in [0.15, 0.2) is 18.2 Å². The molecule has 5 heteroatoms. The molecular weight excluding hydrogens is 231 g/mol. The maximum atomic E-state index is 13.9. The molecule has 0 fully saturated rings. The first kappa shape index (κ1) is 13.2. The molecule has 0 saturated heterocycles. The highest BCUT2D eigenvalue weighted by molar-refractivity contribution is 6.17. The molecule has 3 N–H and O–H groups in total. The lowest BCUT2D eigenvalue weighted by Gasteiger charge is -2.17. The lowest BCUT2D eigenvalue weighted by atomic mass is 10.0. The Kier molecular flexibility index (Phi) is 5.52. The molecule has 1 rings (SSSR count). The topological polar surface area (TPSA) is 47.3 Å². The van der Waals surface area contributed by atoms with Crippen molar-refractivity contribution in [1.82, 2.24) is 5.43 Å². The third-order valence-corrected chi connectivity index (χ3v) is 2.68. The van der Waals surface area contributed by atoms with E-state index in [1.165, 1.54) is 7.11 Å². The van der Waals surface area contributed by atoms with Crippen molar-refractivity contribution >= 4 is 11.6 Å². The Morgan fingerprint density at radius 3 is 2.88 bits per heavy atom. The van der Waals surface area contributed by atoms with Crippen LogP contribution in [0.2, 0.25) is 0 Å². The summed E-state index contributed by atoms with van der Waals surface area (Å²) in [5, 5.41) is 0. The van der Waals surface area contributed by atoms with Crippen LogP contribution in [0.3, 0.4) is 0 Å². The van der Waals surface area contributed by atoms with E-state index < -0.39 is 0 Å². The van der Waals surface area contributed by atoms with Crippen LogP contribution >= 0.6 is 11.6 Å². The third kappa shape index (κ3) is 3.07. The first-order valence-corrected chi connectivity index (χ1v) is 5.62. The SMILES string of the molecule is COc1cccc(C(CCCCl)NN)c1F. The molecule has 0 radical (unpaired) electrons. The van der Waals surface area contributed by atoms with Gasteiger partial charge in [-0.15, -0.1) is 11.6 Å². The molecule has 1 aromatic rings. The van der Waals surface area contributed by atoms with Crippen LogP contribution < -0.4 is 16.0 Å². The first-order chi connectivity index (χ1) is 7.74. The highest BCUT2D eigenvalue weighted by Gasteiger charge is 2.16. The van der Waals surface area contributed by atoms with E-state index in [1.807, 2.05) is 0 Å². The van der Waals surface area contributed by atoms with E-state index in [1.54, 1.807) is 18.2 Å². The molecule has 0 aliphatic carbocycles. The van der Waals surface area contributed by atoms with Gasteiger partial charge >= 0.3 is 0 Å². The summed E-state index contributed by atoms with van der Waals surface area (Å²) in [7, 11) is 1.44. The van der Waals surface area contributed by atoms with Gasteiger partial charge in [0.1, 0.15) is 0 Å². The van der Waals surface area contributed by atoms with Gasteiger partial charge < -0.3 is 4.74 Å². The normalized spacial score (nSPS) is 12.5. The molecule has 0 saturated carbocycles. The fourth-order valence-electron chi connectivity index (χ4n) is 1.56. The van der Waals surface area contributed by atoms with Crippen molar-refractivity contribution in [2.75, 3.05) is 13.0 Å². The number of rotatable bonds is 6. The van der Waals surface area contributed by atoms with Crippen LogP contribution in [0.1, 0.15) is 24.4 Å². The molecule has 0 amide bonds. The molecule has 1 aromatic carbocycles. The molecule has 0 bridgehead atoms. The van der Waals surface area contributed by atoms with Crippen LogP contribution in [0.5, 0.6) is 5.75 Å². The maximum Gasteiger partial charge on any atom is 0.169 e. The Morgan fingerprint density at radius 2 is 2.31 bits per heavy atom. The van der Waals surface area contributed by atoms with Gasteiger partial charge in [0.25, 0.3) is 0 Å². The summed E-state index contributed by atoms with van der Waals surface area (Å²) in [6.07, 6.45) is 1.46. The molecule has 16 heavy (non-hydrogen) atoms. The molecule has 3 nitrogen and oxygen atoms in total. The van der Waals surface area contributed by atoms with Gasteiger partial charge in [0.15, 0.2) is 11.6 Å². The Morgan fingerprint density at radius 1 is 1.56 bits per heavy atom. The van der Waals surface area contributed by atoms with Crippen molar-refractivity contribution in [3.05, 3.63) is 29.6 Å². The van der Waals surface area contributed by atoms with Gasteiger partial charge in [0.05, 0.1) is 7.11 Å². The van der Waals surface area contributed by atoms with E-state index in [0.717, 1.165) is 6.42 Å². The van der Waals surface area contributed by atoms with Crippen LogP contribution in [0.4, 0.5) is 4.39 Å². The Bertz CT molecular complexity index is 336. The lowest BCUT2D eigenvalue weighted by Crippen LogP contribution is -2.28. The maximum absolute atomic E-state index is 13.9. The Hall–Kier alpha value is -0.840. The van der Waals surface area contributed by atoms with Crippen molar-refractivity contribution in [2.45, 2.75) is 18.9 Å². The summed E-state index contributed by atoms with van der Waals surface area (Å²) in [6, 6.07) is 4.76. The molecular formula is C11H16ClFN2O. The number of ether oxygens (including phenoxy) is 1. The number of hydrogen-bond acceptors (Lipinski definition) is 3. The van der Waals surface area contributed by atoms with E-state index in [2.05, 4.69) is 5.43 Å². The van der Waals surface area contributed by atoms with Crippen LogP contribution in [-0.2, 0) is 0 Å². The average molecular weight is 247 g/mol. The second-order valence-corrected chi connectivity index (χ2v) is 3.79. The molecule has 1 atom stereocenters. The third-order valence-electron chi connectivity index (χ3n) is 2.42. The molecule has 0 aliphatic rings. The summed E-state index contributed by atoms with van der Waals surface area (Å²) >= 11 is 5.60. The number of methoxy groups -OCH3 is 1. The monoisotopic (exact) mass is 246 g/mol. The largest absolute Gasteiger partial charge is 0.494 e. The smallest absolute Gasteiger partial charge is 0.169 e. The van der Waals surface area contributed by atoms with Gasteiger partial charge in [-0.3, -0.25) is 11.3 Å². The number of halogens is 2. The fraction of sp³-hybridized carbons (Fsp3) is 0.455. The summed E-state index contributed by atoms with van der Waals surface area (Å²) < 4.78 is 18.8. The van der Waals surface area contributed by atoms with Gasteiger partial charge in [0.2, 0.25) is 0 Å². The van der Waals surface area contributed by atoms with Gasteiger partial charge in [-0.25, -0.2) is 4.39 Å². The van der Waals surface area contributed by atoms with Crippen LogP contribution in [0.25, 0.3) is 0 Å². The summed E-state index contributed by atoms with van der Waals surface area (Å²) in [5.74, 6) is 5.79. The standard InChI is InChI=1S/C11H16ClFN2O/c1-16-10-6-2-4-8(11(10)13)9(15-14)5-3-7-12/h2,4,6,9,15H,3,5,7,14H2,1H3.